The van der Waals surface area contributed by atoms with E-state index in [4.69, 9.17) is 11.6 Å². The van der Waals surface area contributed by atoms with Crippen LogP contribution in [0.3, 0.4) is 0 Å². The molecule has 0 aliphatic carbocycles. The van der Waals surface area contributed by atoms with Gasteiger partial charge in [-0.05, 0) is 21.2 Å². The van der Waals surface area contributed by atoms with E-state index < -0.39 is 46.9 Å². The Kier molecular flexibility index (Phi) is 6.72. The van der Waals surface area contributed by atoms with Crippen LogP contribution in [0.15, 0.2) is 21.6 Å². The second-order valence-electron chi connectivity index (χ2n) is 6.14. The second-order valence-corrected chi connectivity index (χ2v) is 8.45. The van der Waals surface area contributed by atoms with Crippen LogP contribution in [0, 0.1) is 4.91 Å². The lowest BCUT2D eigenvalue weighted by Crippen LogP contribution is -2.71. The molecule has 2 N–H and O–H groups in total. The zero-order valence-electron chi connectivity index (χ0n) is 15.2. The molecule has 1 aromatic heterocycles. The molecule has 0 radical (unpaired) electrons. The molecule has 16 heteroatoms. The third-order valence-corrected chi connectivity index (χ3v) is 6.99. The quantitative estimate of drug-likeness (QED) is 0.147. The predicted octanol–water partition coefficient (Wildman–Crippen LogP) is -1.02. The number of rotatable bonds is 9. The zero-order chi connectivity index (χ0) is 22.0. The van der Waals surface area contributed by atoms with Gasteiger partial charge in [0, 0.05) is 18.6 Å². The number of tetrazole rings is 1. The first-order valence-electron chi connectivity index (χ1n) is 8.26. The number of nitrogens with one attached hydrogen (secondary N) is 1. The minimum atomic E-state index is -1.86. The molecule has 3 heterocycles. The van der Waals surface area contributed by atoms with E-state index in [0.717, 1.165) is 4.90 Å². The third-order valence-electron chi connectivity index (χ3n) is 4.29. The first kappa shape index (κ1) is 22.2. The van der Waals surface area contributed by atoms with Gasteiger partial charge in [0.15, 0.2) is 5.78 Å². The molecule has 2 unspecified atom stereocenters. The van der Waals surface area contributed by atoms with Crippen molar-refractivity contribution in [3.8, 4) is 0 Å². The number of thioether (sulfide) groups is 2. The highest BCUT2D eigenvalue weighted by molar-refractivity contribution is 8.01. The number of aromatic nitrogens is 4. The molecule has 3 rings (SSSR count). The van der Waals surface area contributed by atoms with Crippen molar-refractivity contribution in [1.29, 1.82) is 0 Å². The number of fused-ring (bicyclic) bond motifs is 1. The first-order chi connectivity index (χ1) is 14.3. The number of β-lactam (4-membered cyclic amide) rings is 1. The lowest BCUT2D eigenvalue weighted by molar-refractivity contribution is -0.151. The zero-order valence-corrected chi connectivity index (χ0v) is 17.6. The van der Waals surface area contributed by atoms with Gasteiger partial charge in [-0.2, -0.15) is 0 Å². The van der Waals surface area contributed by atoms with E-state index in [-0.39, 0.29) is 17.2 Å². The van der Waals surface area contributed by atoms with Crippen LogP contribution < -0.4 is 5.32 Å². The maximum absolute atomic E-state index is 12.6. The molecule has 160 valence electrons. The maximum atomic E-state index is 12.6. The number of hydrogen-bond acceptors (Lipinski definition) is 11. The molecule has 2 aliphatic rings. The van der Waals surface area contributed by atoms with Crippen LogP contribution in [0.4, 0.5) is 0 Å². The highest BCUT2D eigenvalue weighted by Gasteiger charge is 2.54. The molecule has 30 heavy (non-hydrogen) atoms. The van der Waals surface area contributed by atoms with Gasteiger partial charge in [0.05, 0.1) is 5.88 Å². The number of halogens is 1. The summed E-state index contributed by atoms with van der Waals surface area (Å²) in [4.78, 5) is 59.9. The maximum Gasteiger partial charge on any atom is 0.352 e. The molecule has 2 aliphatic heterocycles. The Hall–Kier alpha value is -2.52. The number of Topliss-reactive ketones (excluding diaryl/α,β-unsaturated/α-hetero) is 1. The van der Waals surface area contributed by atoms with Crippen LogP contribution in [0.1, 0.15) is 0 Å². The standard InChI is InChI=1S/C14H14ClN7O6S2/c1-21-14(17-19-20-21)30-4-5-3-29-12-8(11(25)22(12)9(5)13(26)27)16-10(24)7(18-28)6(23)2-15/h7-8,12H,2-4H2,1H3,(H,16,24)(H,26,27)/t7?,8?,12-/m0/s1. The molecule has 2 amide bonds. The molecule has 1 saturated heterocycles. The third kappa shape index (κ3) is 4.04. The fourth-order valence-electron chi connectivity index (χ4n) is 2.85. The second kappa shape index (κ2) is 9.09. The minimum Gasteiger partial charge on any atom is -0.477 e. The number of nitrogens with zero attached hydrogens (tertiary/aromatic N) is 6. The number of ketones is 1. The van der Waals surface area contributed by atoms with Crippen LogP contribution >= 0.6 is 35.1 Å². The SMILES string of the molecule is Cn1nnnc1SCC1=C(C(=O)O)N2C(=O)C(NC(=O)C(N=O)C(=O)CCl)[C@@H]2SC1. The average Bonchev–Trinajstić information content (AvgIpc) is 3.14. The summed E-state index contributed by atoms with van der Waals surface area (Å²) in [5, 5.41) is 25.2. The van der Waals surface area contributed by atoms with Crippen LogP contribution in [0.5, 0.6) is 0 Å². The topological polar surface area (TPSA) is 177 Å². The number of nitroso groups, excluding NO2 is 1. The lowest BCUT2D eigenvalue weighted by atomic mass is 10.0. The van der Waals surface area contributed by atoms with Crippen LogP contribution in [-0.2, 0) is 26.2 Å². The Morgan fingerprint density at radius 3 is 2.77 bits per heavy atom. The molecule has 0 saturated carbocycles. The number of alkyl halides is 1. The van der Waals surface area contributed by atoms with Gasteiger partial charge in [0.25, 0.3) is 11.8 Å². The monoisotopic (exact) mass is 475 g/mol. The normalized spacial score (nSPS) is 21.5. The smallest absolute Gasteiger partial charge is 0.352 e. The Morgan fingerprint density at radius 2 is 2.20 bits per heavy atom. The van der Waals surface area contributed by atoms with Crippen molar-refractivity contribution in [1.82, 2.24) is 30.4 Å². The van der Waals surface area contributed by atoms with E-state index in [9.17, 15) is 29.2 Å². The number of carboxylic acids is 1. The average molecular weight is 476 g/mol. The molecule has 13 nitrogen and oxygen atoms in total. The van der Waals surface area contributed by atoms with E-state index in [1.807, 2.05) is 0 Å². The fraction of sp³-hybridized carbons (Fsp3) is 0.500. The Labute approximate surface area is 181 Å². The van der Waals surface area contributed by atoms with Crippen molar-refractivity contribution >= 4 is 58.7 Å². The highest BCUT2D eigenvalue weighted by atomic mass is 35.5. The summed E-state index contributed by atoms with van der Waals surface area (Å²) < 4.78 is 1.43. The number of carbonyl (C=O) groups is 4. The summed E-state index contributed by atoms with van der Waals surface area (Å²) in [5.41, 5.74) is 0.332. The predicted molar refractivity (Wildman–Crippen MR) is 105 cm³/mol. The van der Waals surface area contributed by atoms with E-state index in [1.165, 1.54) is 28.2 Å². The van der Waals surface area contributed by atoms with Crippen molar-refractivity contribution in [3.63, 3.8) is 0 Å². The number of carboxylic acid groups (broad SMARTS) is 1. The molecule has 0 aromatic carbocycles. The highest BCUT2D eigenvalue weighted by Crippen LogP contribution is 2.41. The largest absolute Gasteiger partial charge is 0.477 e. The molecular weight excluding hydrogens is 462 g/mol. The number of amides is 2. The van der Waals surface area contributed by atoms with Gasteiger partial charge in [-0.15, -0.1) is 33.4 Å². The van der Waals surface area contributed by atoms with E-state index >= 15 is 0 Å². The number of aryl methyl sites for hydroxylation is 1. The van der Waals surface area contributed by atoms with Crippen molar-refractivity contribution in [3.05, 3.63) is 16.2 Å². The molecule has 3 atom stereocenters. The molecule has 0 spiro atoms. The van der Waals surface area contributed by atoms with Crippen LogP contribution in [0.25, 0.3) is 0 Å². The van der Waals surface area contributed by atoms with Crippen LogP contribution in [0.2, 0.25) is 0 Å². The summed E-state index contributed by atoms with van der Waals surface area (Å²) in [7, 11) is 1.64. The van der Waals surface area contributed by atoms with Crippen molar-refractivity contribution < 1.29 is 24.3 Å². The van der Waals surface area contributed by atoms with Gasteiger partial charge in [-0.1, -0.05) is 11.8 Å². The molecule has 0 bridgehead atoms. The first-order valence-corrected chi connectivity index (χ1v) is 10.8. The number of aliphatic carboxylic acids is 1. The van der Waals surface area contributed by atoms with Crippen molar-refractivity contribution in [2.24, 2.45) is 12.2 Å². The lowest BCUT2D eigenvalue weighted by Gasteiger charge is -2.49. The van der Waals surface area contributed by atoms with Gasteiger partial charge in [-0.3, -0.25) is 19.3 Å². The van der Waals surface area contributed by atoms with E-state index in [0.29, 0.717) is 10.7 Å². The fourth-order valence-corrected chi connectivity index (χ4v) is 5.33. The Balaban J connectivity index is 1.74. The number of hydrogen-bond donors (Lipinski definition) is 2. The van der Waals surface area contributed by atoms with Crippen LogP contribution in [-0.4, -0.2) is 88.6 Å². The minimum absolute atomic E-state index is 0.168. The van der Waals surface area contributed by atoms with Gasteiger partial charge in [-0.25, -0.2) is 9.48 Å². The van der Waals surface area contributed by atoms with Gasteiger partial charge in [0.2, 0.25) is 11.2 Å². The van der Waals surface area contributed by atoms with Crippen molar-refractivity contribution in [2.75, 3.05) is 17.4 Å². The summed E-state index contributed by atoms with van der Waals surface area (Å²) >= 11 is 7.82. The van der Waals surface area contributed by atoms with E-state index in [1.54, 1.807) is 7.05 Å². The van der Waals surface area contributed by atoms with Gasteiger partial charge >= 0.3 is 5.97 Å². The Morgan fingerprint density at radius 1 is 1.47 bits per heavy atom. The summed E-state index contributed by atoms with van der Waals surface area (Å²) in [6.45, 7) is 0. The molecular formula is C14H14ClN7O6S2. The summed E-state index contributed by atoms with van der Waals surface area (Å²) in [5.74, 6) is -3.94. The number of carbonyl (C=O) groups excluding carboxylic acids is 3. The Bertz CT molecular complexity index is 953. The molecule has 1 aromatic rings. The van der Waals surface area contributed by atoms with Gasteiger partial charge < -0.3 is 10.4 Å². The van der Waals surface area contributed by atoms with Crippen molar-refractivity contribution in [2.45, 2.75) is 22.6 Å². The van der Waals surface area contributed by atoms with E-state index in [2.05, 4.69) is 26.0 Å². The molecule has 1 fully saturated rings. The van der Waals surface area contributed by atoms with Gasteiger partial charge in [0.1, 0.15) is 17.1 Å². The summed E-state index contributed by atoms with van der Waals surface area (Å²) in [6, 6.07) is -2.94. The summed E-state index contributed by atoms with van der Waals surface area (Å²) in [6.07, 6.45) is 0.